The van der Waals surface area contributed by atoms with E-state index in [1.807, 2.05) is 0 Å². The monoisotopic (exact) mass is 820 g/mol. The summed E-state index contributed by atoms with van der Waals surface area (Å²) in [5.41, 5.74) is 17.1. The van der Waals surface area contributed by atoms with E-state index in [9.17, 15) is 0 Å². The number of allylic oxidation sites excluding steroid dienone is 2. The van der Waals surface area contributed by atoms with Crippen molar-refractivity contribution in [2.24, 2.45) is 0 Å². The molecule has 0 aliphatic heterocycles. The Labute approximate surface area is 288 Å². The molecule has 2 aliphatic rings. The molecule has 252 valence electrons. The molecule has 4 aromatic rings. The second kappa shape index (κ2) is 11.8. The zero-order chi connectivity index (χ0) is 34.4. The molecule has 2 unspecified atom stereocenters. The van der Waals surface area contributed by atoms with E-state index >= 15 is 0 Å². The summed E-state index contributed by atoms with van der Waals surface area (Å²) in [4.78, 5) is 0. The first-order valence-corrected chi connectivity index (χ1v) is 43.7. The minimum absolute atomic E-state index is 0.450. The number of unbranched alkanes of at least 4 members (excludes halogenated alkanes) is 4. The quantitative estimate of drug-likeness (QED) is 0.0987. The van der Waals surface area contributed by atoms with Crippen LogP contribution in [0, 0.1) is 27.7 Å². The molecule has 2 atom stereocenters. The van der Waals surface area contributed by atoms with Gasteiger partial charge < -0.3 is 0 Å². The average Bonchev–Trinajstić information content (AvgIpc) is 3.71. The number of rotatable bonds is 12. The van der Waals surface area contributed by atoms with Crippen LogP contribution in [0.2, 0.25) is 17.7 Å². The molecule has 0 aromatic heterocycles. The van der Waals surface area contributed by atoms with Gasteiger partial charge in [-0.05, 0) is 0 Å². The van der Waals surface area contributed by atoms with Gasteiger partial charge in [0.05, 0.1) is 0 Å². The summed E-state index contributed by atoms with van der Waals surface area (Å²) in [6.07, 6.45) is 18.3. The molecule has 4 aromatic carbocycles. The average molecular weight is 820 g/mol. The second-order valence-electron chi connectivity index (χ2n) is 18.8. The summed E-state index contributed by atoms with van der Waals surface area (Å²) >= 11 is -5.15. The first-order valence-electron chi connectivity index (χ1n) is 19.0. The number of hydrogen-bond donors (Lipinski definition) is 0. The normalized spacial score (nSPS) is 19.0. The zero-order valence-corrected chi connectivity index (χ0v) is 36.3. The molecule has 0 N–H and O–H groups in total. The van der Waals surface area contributed by atoms with Crippen molar-refractivity contribution in [3.05, 3.63) is 129 Å². The molecule has 6 rings (SSSR count). The van der Waals surface area contributed by atoms with Crippen molar-refractivity contribution in [3.8, 4) is 22.3 Å². The summed E-state index contributed by atoms with van der Waals surface area (Å²) < 4.78 is 9.57. The fraction of sp³-hybridized carbons (Fsp3) is 0.391. The van der Waals surface area contributed by atoms with E-state index in [0.717, 1.165) is 0 Å². The summed E-state index contributed by atoms with van der Waals surface area (Å²) in [7, 11) is 0. The Morgan fingerprint density at radius 2 is 0.958 bits per heavy atom. The number of fused-ring (bicyclic) bond motifs is 2. The van der Waals surface area contributed by atoms with E-state index in [1.54, 1.807) is 11.1 Å². The molecule has 0 spiro atoms. The van der Waals surface area contributed by atoms with Crippen molar-refractivity contribution < 1.29 is 14.2 Å². The van der Waals surface area contributed by atoms with E-state index in [1.165, 1.54) is 103 Å². The molecule has 0 fully saturated rings. The van der Waals surface area contributed by atoms with E-state index in [-0.39, 0.29) is 0 Å². The third-order valence-electron chi connectivity index (χ3n) is 14.0. The van der Waals surface area contributed by atoms with E-state index < -0.39 is 14.2 Å². The molecule has 0 heterocycles. The Hall–Kier alpha value is -2.55. The maximum atomic E-state index is 2.97. The molecule has 0 nitrogen and oxygen atoms in total. The van der Waals surface area contributed by atoms with Crippen LogP contribution in [-0.2, 0) is 14.2 Å². The van der Waals surface area contributed by atoms with Gasteiger partial charge in [0.2, 0.25) is 0 Å². The van der Waals surface area contributed by atoms with Crippen molar-refractivity contribution in [2.75, 3.05) is 0 Å². The predicted octanol–water partition coefficient (Wildman–Crippen LogP) is 13.7. The third kappa shape index (κ3) is 5.49. The van der Waals surface area contributed by atoms with Gasteiger partial charge in [-0.3, -0.25) is 0 Å². The van der Waals surface area contributed by atoms with Crippen LogP contribution in [0.25, 0.3) is 34.4 Å². The van der Waals surface area contributed by atoms with Gasteiger partial charge in [-0.2, -0.15) is 0 Å². The topological polar surface area (TPSA) is 0 Å². The molecule has 48 heavy (non-hydrogen) atoms. The van der Waals surface area contributed by atoms with E-state index in [2.05, 4.69) is 155 Å². The van der Waals surface area contributed by atoms with E-state index in [4.69, 9.17) is 0 Å². The standard InChI is InChI=1S/2C17H15.2C5H11.2CH3.Hf.H2Si/c2*1-12-9-10-13(2)17(11-12)16-8-4-6-14-5-3-7-15(14)16;2*1-3-5-4-2;;;;/h2*3-11H,1-2H3;2*1,3-5H2,2H3;2*1H3;;1H2. The van der Waals surface area contributed by atoms with E-state index in [0.29, 0.717) is 7.35 Å². The predicted molar refractivity (Wildman–Crippen MR) is 215 cm³/mol. The van der Waals surface area contributed by atoms with Gasteiger partial charge in [0.25, 0.3) is 0 Å². The van der Waals surface area contributed by atoms with Gasteiger partial charge in [-0.25, -0.2) is 0 Å². The van der Waals surface area contributed by atoms with Crippen LogP contribution < -0.4 is 0 Å². The second-order valence-corrected chi connectivity index (χ2v) is 95.8. The van der Waals surface area contributed by atoms with Crippen molar-refractivity contribution in [3.63, 3.8) is 0 Å². The third-order valence-corrected chi connectivity index (χ3v) is 70.6. The van der Waals surface area contributed by atoms with Crippen molar-refractivity contribution in [1.82, 2.24) is 0 Å². The number of benzene rings is 4. The minimum atomic E-state index is -5.15. The van der Waals surface area contributed by atoms with Crippen LogP contribution in [0.5, 0.6) is 0 Å². The van der Waals surface area contributed by atoms with Crippen LogP contribution >= 0.6 is 0 Å². The molecule has 0 radical (unpaired) electrons. The fourth-order valence-corrected chi connectivity index (χ4v) is 60.4. The summed E-state index contributed by atoms with van der Waals surface area (Å²) in [5.74, 6) is 0. The zero-order valence-electron chi connectivity index (χ0n) is 31.3. The molecule has 0 bridgehead atoms. The van der Waals surface area contributed by atoms with Crippen molar-refractivity contribution in [2.45, 2.75) is 105 Å². The van der Waals surface area contributed by atoms with Crippen LogP contribution in [0.15, 0.2) is 84.9 Å². The summed E-state index contributed by atoms with van der Waals surface area (Å²) in [5, 5.41) is 0. The Kier molecular flexibility index (Phi) is 8.65. The summed E-state index contributed by atoms with van der Waals surface area (Å²) in [6, 6.07) is 28.5. The van der Waals surface area contributed by atoms with Crippen LogP contribution in [0.1, 0.15) is 104 Å². The SMILES string of the molecule is CCCC[CH2][Hf]([CH3])([CH3])(=[SiH2])([CH2]CCCC)([CH]1C=Cc2c(-c3cc(C)ccc3C)cccc21)[CH]1C=Cc2c(-c3cc(C)ccc3C)cccc21. The van der Waals surface area contributed by atoms with Gasteiger partial charge in [0, 0.05) is 0 Å². The van der Waals surface area contributed by atoms with Gasteiger partial charge in [-0.15, -0.1) is 0 Å². The molecular formula is C46H60HfSi. The van der Waals surface area contributed by atoms with Crippen molar-refractivity contribution >= 4 is 19.1 Å². The van der Waals surface area contributed by atoms with Gasteiger partial charge in [-0.1, -0.05) is 0 Å². The Morgan fingerprint density at radius 3 is 1.35 bits per heavy atom. The van der Waals surface area contributed by atoms with Crippen LogP contribution in [0.4, 0.5) is 0 Å². The molecule has 2 heteroatoms. The molecular weight excluding hydrogens is 759 g/mol. The van der Waals surface area contributed by atoms with Gasteiger partial charge in [0.1, 0.15) is 0 Å². The summed E-state index contributed by atoms with van der Waals surface area (Å²) in [6.45, 7) is 16.4. The maximum absolute atomic E-state index is 5.15. The van der Waals surface area contributed by atoms with Gasteiger partial charge in [0.15, 0.2) is 0 Å². The number of hydrogen-bond acceptors (Lipinski definition) is 0. The fourth-order valence-electron chi connectivity index (χ4n) is 10.9. The Morgan fingerprint density at radius 1 is 0.542 bits per heavy atom. The Bertz CT molecular complexity index is 1950. The van der Waals surface area contributed by atoms with Crippen LogP contribution in [-0.4, -0.2) is 6.94 Å². The first kappa shape index (κ1) is 35.3. The Balaban J connectivity index is 1.64. The van der Waals surface area contributed by atoms with Crippen molar-refractivity contribution in [1.29, 1.82) is 0 Å². The first-order chi connectivity index (χ1) is 22.7. The molecule has 0 saturated heterocycles. The number of aryl methyl sites for hydroxylation is 4. The van der Waals surface area contributed by atoms with Crippen LogP contribution in [0.3, 0.4) is 0 Å². The van der Waals surface area contributed by atoms with Gasteiger partial charge >= 0.3 is 290 Å². The molecule has 2 aliphatic carbocycles. The molecule has 0 amide bonds. The molecule has 0 saturated carbocycles.